The summed E-state index contributed by atoms with van der Waals surface area (Å²) in [5.41, 5.74) is 9.61. The fourth-order valence-corrected chi connectivity index (χ4v) is 1.96. The number of halogens is 3. The molecule has 0 spiro atoms. The molecule has 17 heavy (non-hydrogen) atoms. The predicted octanol–water partition coefficient (Wildman–Crippen LogP) is 1.71. The zero-order valence-corrected chi connectivity index (χ0v) is 9.52. The summed E-state index contributed by atoms with van der Waals surface area (Å²) < 4.78 is 37.8. The quantitative estimate of drug-likeness (QED) is 0.813. The van der Waals surface area contributed by atoms with Gasteiger partial charge in [0, 0.05) is 5.75 Å². The van der Waals surface area contributed by atoms with E-state index in [-0.39, 0.29) is 11.3 Å². The molecule has 0 aliphatic carbocycles. The molecule has 0 aliphatic heterocycles. The van der Waals surface area contributed by atoms with E-state index in [0.29, 0.717) is 0 Å². The highest BCUT2D eigenvalue weighted by atomic mass is 32.2. The molecule has 0 radical (unpaired) electrons. The number of benzene rings is 1. The highest BCUT2D eigenvalue weighted by Gasteiger charge is 2.32. The Bertz CT molecular complexity index is 409. The van der Waals surface area contributed by atoms with Gasteiger partial charge in [0.15, 0.2) is 0 Å². The van der Waals surface area contributed by atoms with Crippen LogP contribution in [0.4, 0.5) is 13.2 Å². The van der Waals surface area contributed by atoms with Crippen LogP contribution in [-0.4, -0.2) is 11.3 Å². The summed E-state index contributed by atoms with van der Waals surface area (Å²) in [7, 11) is 0. The van der Waals surface area contributed by atoms with Crippen molar-refractivity contribution in [3.63, 3.8) is 0 Å². The molecule has 1 rings (SSSR count). The molecule has 0 fully saturated rings. The number of primary amides is 1. The fourth-order valence-electron chi connectivity index (χ4n) is 1.18. The van der Waals surface area contributed by atoms with Crippen molar-refractivity contribution in [3.05, 3.63) is 35.4 Å². The number of alkyl halides is 3. The van der Waals surface area contributed by atoms with Crippen molar-refractivity contribution in [3.8, 4) is 0 Å². The molecule has 1 aromatic rings. The number of hydrogen-bond donors (Lipinski definition) is 2. The van der Waals surface area contributed by atoms with Crippen LogP contribution in [0.1, 0.15) is 11.1 Å². The molecule has 1 amide bonds. The van der Waals surface area contributed by atoms with E-state index in [1.807, 2.05) is 0 Å². The van der Waals surface area contributed by atoms with Gasteiger partial charge < -0.3 is 11.5 Å². The maximum absolute atomic E-state index is 12.6. The number of carbonyl (C=O) groups excluding carboxylic acids is 1. The Morgan fingerprint density at radius 2 is 1.94 bits per heavy atom. The van der Waals surface area contributed by atoms with E-state index in [4.69, 9.17) is 11.5 Å². The molecule has 0 heterocycles. The lowest BCUT2D eigenvalue weighted by atomic mass is 10.1. The molecule has 1 unspecified atom stereocenters. The number of rotatable bonds is 4. The van der Waals surface area contributed by atoms with Gasteiger partial charge in [-0.2, -0.15) is 13.2 Å². The molecule has 0 saturated carbocycles. The zero-order chi connectivity index (χ0) is 13.1. The van der Waals surface area contributed by atoms with Crippen LogP contribution in [0, 0.1) is 0 Å². The highest BCUT2D eigenvalue weighted by molar-refractivity contribution is 7.99. The van der Waals surface area contributed by atoms with Crippen molar-refractivity contribution in [2.45, 2.75) is 17.3 Å². The monoisotopic (exact) mass is 264 g/mol. The highest BCUT2D eigenvalue weighted by Crippen LogP contribution is 2.33. The second-order valence-corrected chi connectivity index (χ2v) is 4.42. The maximum atomic E-state index is 12.6. The molecule has 1 atom stereocenters. The Morgan fingerprint density at radius 1 is 1.35 bits per heavy atom. The summed E-state index contributed by atoms with van der Waals surface area (Å²) in [6.07, 6.45) is -4.41. The topological polar surface area (TPSA) is 69.1 Å². The first kappa shape index (κ1) is 13.9. The minimum absolute atomic E-state index is 0.0141. The number of amides is 1. The SMILES string of the molecule is NC(=O)C(N)SCc1ccccc1C(F)(F)F. The number of hydrogen-bond acceptors (Lipinski definition) is 3. The van der Waals surface area contributed by atoms with Crippen molar-refractivity contribution in [2.75, 3.05) is 0 Å². The number of nitrogens with two attached hydrogens (primary N) is 2. The summed E-state index contributed by atoms with van der Waals surface area (Å²) in [6.45, 7) is 0. The third-order valence-corrected chi connectivity index (χ3v) is 3.09. The summed E-state index contributed by atoms with van der Waals surface area (Å²) >= 11 is 0.871. The average molecular weight is 264 g/mol. The van der Waals surface area contributed by atoms with Crippen LogP contribution < -0.4 is 11.5 Å². The van der Waals surface area contributed by atoms with Crippen molar-refractivity contribution < 1.29 is 18.0 Å². The standard InChI is InChI=1S/C10H11F3N2OS/c11-10(12,13)7-4-2-1-3-6(7)5-17-9(15)8(14)16/h1-4,9H,5,15H2,(H2,14,16). The van der Waals surface area contributed by atoms with E-state index in [1.54, 1.807) is 0 Å². The van der Waals surface area contributed by atoms with Crippen LogP contribution in [-0.2, 0) is 16.7 Å². The minimum atomic E-state index is -4.41. The van der Waals surface area contributed by atoms with Crippen molar-refractivity contribution >= 4 is 17.7 Å². The fraction of sp³-hybridized carbons (Fsp3) is 0.300. The maximum Gasteiger partial charge on any atom is 0.416 e. The lowest BCUT2D eigenvalue weighted by Gasteiger charge is -2.13. The van der Waals surface area contributed by atoms with Gasteiger partial charge in [-0.3, -0.25) is 4.79 Å². The lowest BCUT2D eigenvalue weighted by Crippen LogP contribution is -2.33. The smallest absolute Gasteiger partial charge is 0.368 e. The van der Waals surface area contributed by atoms with Gasteiger partial charge in [-0.1, -0.05) is 18.2 Å². The lowest BCUT2D eigenvalue weighted by molar-refractivity contribution is -0.138. The van der Waals surface area contributed by atoms with E-state index in [1.165, 1.54) is 18.2 Å². The molecule has 7 heteroatoms. The van der Waals surface area contributed by atoms with Gasteiger partial charge in [0.25, 0.3) is 0 Å². The van der Waals surface area contributed by atoms with Gasteiger partial charge in [-0.05, 0) is 11.6 Å². The largest absolute Gasteiger partial charge is 0.416 e. The van der Waals surface area contributed by atoms with E-state index < -0.39 is 23.0 Å². The summed E-state index contributed by atoms with van der Waals surface area (Å²) in [4.78, 5) is 10.7. The van der Waals surface area contributed by atoms with Gasteiger partial charge in [0.1, 0.15) is 5.37 Å². The molecular formula is C10H11F3N2OS. The minimum Gasteiger partial charge on any atom is -0.368 e. The molecular weight excluding hydrogens is 253 g/mol. The Kier molecular flexibility index (Phi) is 4.41. The van der Waals surface area contributed by atoms with E-state index in [9.17, 15) is 18.0 Å². The van der Waals surface area contributed by atoms with Crippen molar-refractivity contribution in [1.29, 1.82) is 0 Å². The molecule has 3 nitrogen and oxygen atoms in total. The second-order valence-electron chi connectivity index (χ2n) is 3.29. The summed E-state index contributed by atoms with van der Waals surface area (Å²) in [5.74, 6) is -0.765. The molecule has 4 N–H and O–H groups in total. The number of thioether (sulfide) groups is 1. The van der Waals surface area contributed by atoms with Crippen LogP contribution >= 0.6 is 11.8 Å². The normalized spacial score (nSPS) is 13.4. The van der Waals surface area contributed by atoms with Crippen LogP contribution in [0.2, 0.25) is 0 Å². The Balaban J connectivity index is 2.81. The molecule has 94 valence electrons. The van der Waals surface area contributed by atoms with E-state index >= 15 is 0 Å². The van der Waals surface area contributed by atoms with Crippen molar-refractivity contribution in [2.24, 2.45) is 11.5 Å². The Hall–Kier alpha value is -1.21. The van der Waals surface area contributed by atoms with Crippen LogP contribution in [0.25, 0.3) is 0 Å². The summed E-state index contributed by atoms with van der Waals surface area (Å²) in [5, 5.41) is -1.00. The predicted molar refractivity (Wildman–Crippen MR) is 59.9 cm³/mol. The van der Waals surface area contributed by atoms with Crippen LogP contribution in [0.3, 0.4) is 0 Å². The second kappa shape index (κ2) is 5.42. The zero-order valence-electron chi connectivity index (χ0n) is 8.70. The third-order valence-electron chi connectivity index (χ3n) is 2.02. The average Bonchev–Trinajstić information content (AvgIpc) is 2.24. The third kappa shape index (κ3) is 3.94. The molecule has 0 saturated heterocycles. The van der Waals surface area contributed by atoms with Crippen LogP contribution in [0.15, 0.2) is 24.3 Å². The van der Waals surface area contributed by atoms with E-state index in [2.05, 4.69) is 0 Å². The van der Waals surface area contributed by atoms with Gasteiger partial charge in [-0.15, -0.1) is 11.8 Å². The Morgan fingerprint density at radius 3 is 2.47 bits per heavy atom. The summed E-state index contributed by atoms with van der Waals surface area (Å²) in [6, 6.07) is 5.15. The first-order valence-corrected chi connectivity index (χ1v) is 5.69. The van der Waals surface area contributed by atoms with Gasteiger partial charge in [0.2, 0.25) is 5.91 Å². The molecule has 0 aliphatic rings. The first-order valence-electron chi connectivity index (χ1n) is 4.64. The first-order chi connectivity index (χ1) is 7.82. The van der Waals surface area contributed by atoms with Crippen LogP contribution in [0.5, 0.6) is 0 Å². The van der Waals surface area contributed by atoms with Gasteiger partial charge >= 0.3 is 6.18 Å². The number of carbonyl (C=O) groups is 1. The molecule has 0 aromatic heterocycles. The van der Waals surface area contributed by atoms with Gasteiger partial charge in [-0.25, -0.2) is 0 Å². The Labute approximate surface area is 100 Å². The van der Waals surface area contributed by atoms with E-state index in [0.717, 1.165) is 17.8 Å². The molecule has 1 aromatic carbocycles. The van der Waals surface area contributed by atoms with Gasteiger partial charge in [0.05, 0.1) is 5.56 Å². The van der Waals surface area contributed by atoms with Crippen molar-refractivity contribution in [1.82, 2.24) is 0 Å². The molecule has 0 bridgehead atoms.